The number of carbonyl (C=O) groups is 2. The van der Waals surface area contributed by atoms with E-state index in [-0.39, 0.29) is 17.9 Å². The van der Waals surface area contributed by atoms with Crippen LogP contribution in [-0.2, 0) is 16.0 Å². The zero-order valence-electron chi connectivity index (χ0n) is 10.4. The van der Waals surface area contributed by atoms with E-state index in [0.29, 0.717) is 10.0 Å². The molecule has 1 aromatic rings. The lowest BCUT2D eigenvalue weighted by Crippen LogP contribution is -2.41. The molecule has 0 saturated carbocycles. The Kier molecular flexibility index (Phi) is 5.17. The fraction of sp³-hybridized carbons (Fsp3) is 0.333. The number of halogens is 1. The van der Waals surface area contributed by atoms with Crippen molar-refractivity contribution in [2.45, 2.75) is 19.4 Å². The summed E-state index contributed by atoms with van der Waals surface area (Å²) >= 11 is 3.15. The van der Waals surface area contributed by atoms with Gasteiger partial charge in [0.15, 0.2) is 11.5 Å². The van der Waals surface area contributed by atoms with Crippen LogP contribution in [0.1, 0.15) is 12.5 Å². The van der Waals surface area contributed by atoms with Gasteiger partial charge in [-0.2, -0.15) is 0 Å². The van der Waals surface area contributed by atoms with E-state index >= 15 is 0 Å². The van der Waals surface area contributed by atoms with Crippen molar-refractivity contribution in [2.24, 2.45) is 0 Å². The van der Waals surface area contributed by atoms with Crippen LogP contribution in [0.3, 0.4) is 0 Å². The molecule has 0 aliphatic heterocycles. The lowest BCUT2D eigenvalue weighted by atomic mass is 10.1. The molecule has 7 heteroatoms. The number of hydrogen-bond acceptors (Lipinski definition) is 4. The van der Waals surface area contributed by atoms with Crippen LogP contribution in [0.25, 0.3) is 0 Å². The van der Waals surface area contributed by atoms with Crippen molar-refractivity contribution in [1.82, 2.24) is 5.32 Å². The van der Waals surface area contributed by atoms with Gasteiger partial charge in [0, 0.05) is 13.3 Å². The van der Waals surface area contributed by atoms with E-state index < -0.39 is 17.9 Å². The predicted molar refractivity (Wildman–Crippen MR) is 71.3 cm³/mol. The van der Waals surface area contributed by atoms with Crippen LogP contribution in [0.2, 0.25) is 0 Å². The number of carboxylic acid groups (broad SMARTS) is 1. The molecule has 0 aliphatic carbocycles. The highest BCUT2D eigenvalue weighted by Gasteiger charge is 2.20. The summed E-state index contributed by atoms with van der Waals surface area (Å²) in [6.07, 6.45) is 0.0875. The van der Waals surface area contributed by atoms with E-state index in [9.17, 15) is 14.7 Å². The molecule has 0 radical (unpaired) electrons. The summed E-state index contributed by atoms with van der Waals surface area (Å²) in [7, 11) is 1.40. The normalized spacial score (nSPS) is 11.7. The summed E-state index contributed by atoms with van der Waals surface area (Å²) in [6.45, 7) is 1.25. The maximum Gasteiger partial charge on any atom is 0.326 e. The second kappa shape index (κ2) is 6.42. The monoisotopic (exact) mass is 331 g/mol. The topological polar surface area (TPSA) is 95.9 Å². The van der Waals surface area contributed by atoms with Gasteiger partial charge in [-0.05, 0) is 33.6 Å². The third-order valence-corrected chi connectivity index (χ3v) is 3.03. The Morgan fingerprint density at radius 1 is 1.47 bits per heavy atom. The number of phenolic OH excluding ortho intramolecular Hbond substituents is 1. The lowest BCUT2D eigenvalue weighted by Gasteiger charge is -2.15. The van der Waals surface area contributed by atoms with Gasteiger partial charge in [0.2, 0.25) is 5.91 Å². The minimum atomic E-state index is -1.13. The molecule has 0 aromatic heterocycles. The molecule has 1 amide bonds. The van der Waals surface area contributed by atoms with Crippen molar-refractivity contribution in [3.63, 3.8) is 0 Å². The number of phenols is 1. The molecule has 0 fully saturated rings. The van der Waals surface area contributed by atoms with Gasteiger partial charge in [-0.15, -0.1) is 0 Å². The number of hydrogen-bond donors (Lipinski definition) is 3. The zero-order chi connectivity index (χ0) is 14.6. The second-order valence-corrected chi connectivity index (χ2v) is 4.78. The molecular formula is C12H14BrNO5. The molecule has 0 spiro atoms. The van der Waals surface area contributed by atoms with Crippen molar-refractivity contribution < 1.29 is 24.5 Å². The number of aromatic hydroxyl groups is 1. The predicted octanol–water partition coefficient (Wildman–Crippen LogP) is 1.30. The van der Waals surface area contributed by atoms with Crippen LogP contribution in [0.15, 0.2) is 16.6 Å². The Morgan fingerprint density at radius 2 is 2.11 bits per heavy atom. The van der Waals surface area contributed by atoms with Crippen LogP contribution < -0.4 is 10.1 Å². The maximum atomic E-state index is 11.0. The molecule has 1 aromatic carbocycles. The summed E-state index contributed by atoms with van der Waals surface area (Å²) in [5, 5.41) is 21.0. The largest absolute Gasteiger partial charge is 0.503 e. The summed E-state index contributed by atoms with van der Waals surface area (Å²) in [5.74, 6) is -1.37. The number of ether oxygens (including phenoxy) is 1. The summed E-state index contributed by atoms with van der Waals surface area (Å²) in [6, 6.07) is 2.08. The SMILES string of the molecule is COc1cc(C[C@H](NC(C)=O)C(=O)O)cc(Br)c1O. The Labute approximate surface area is 118 Å². The Bertz CT molecular complexity index is 503. The number of carbonyl (C=O) groups excluding carboxylic acids is 1. The molecule has 0 heterocycles. The van der Waals surface area contributed by atoms with Crippen molar-refractivity contribution in [3.8, 4) is 11.5 Å². The fourth-order valence-electron chi connectivity index (χ4n) is 1.58. The number of aliphatic carboxylic acids is 1. The number of benzene rings is 1. The molecule has 6 nitrogen and oxygen atoms in total. The molecule has 0 aliphatic rings. The average Bonchev–Trinajstić information content (AvgIpc) is 2.31. The van der Waals surface area contributed by atoms with Crippen molar-refractivity contribution >= 4 is 27.8 Å². The molecule has 0 saturated heterocycles. The van der Waals surface area contributed by atoms with Crippen LogP contribution in [-0.4, -0.2) is 35.2 Å². The zero-order valence-corrected chi connectivity index (χ0v) is 12.0. The molecule has 0 unspecified atom stereocenters. The Morgan fingerprint density at radius 3 is 2.58 bits per heavy atom. The highest BCUT2D eigenvalue weighted by atomic mass is 79.9. The first-order valence-electron chi connectivity index (χ1n) is 5.40. The van der Waals surface area contributed by atoms with E-state index in [1.165, 1.54) is 20.1 Å². The van der Waals surface area contributed by atoms with Gasteiger partial charge in [-0.3, -0.25) is 4.79 Å². The summed E-state index contributed by atoms with van der Waals surface area (Å²) in [5.41, 5.74) is 0.614. The van der Waals surface area contributed by atoms with Crippen LogP contribution in [0.5, 0.6) is 11.5 Å². The van der Waals surface area contributed by atoms with Crippen LogP contribution >= 0.6 is 15.9 Å². The minimum Gasteiger partial charge on any atom is -0.503 e. The molecular weight excluding hydrogens is 318 g/mol. The molecule has 3 N–H and O–H groups in total. The second-order valence-electron chi connectivity index (χ2n) is 3.92. The summed E-state index contributed by atoms with van der Waals surface area (Å²) < 4.78 is 5.37. The average molecular weight is 332 g/mol. The first-order chi connectivity index (χ1) is 8.85. The summed E-state index contributed by atoms with van der Waals surface area (Å²) in [4.78, 5) is 22.0. The molecule has 1 rings (SSSR count). The number of carboxylic acids is 1. The van der Waals surface area contributed by atoms with E-state index in [1.807, 2.05) is 0 Å². The van der Waals surface area contributed by atoms with Crippen LogP contribution in [0.4, 0.5) is 0 Å². The quantitative estimate of drug-likeness (QED) is 0.755. The first kappa shape index (κ1) is 15.3. The number of rotatable bonds is 5. The Balaban J connectivity index is 2.99. The van der Waals surface area contributed by atoms with E-state index in [0.717, 1.165) is 0 Å². The number of methoxy groups -OCH3 is 1. The van der Waals surface area contributed by atoms with Gasteiger partial charge in [-0.1, -0.05) is 0 Å². The van der Waals surface area contributed by atoms with Crippen LogP contribution in [0, 0.1) is 0 Å². The third kappa shape index (κ3) is 4.13. The van der Waals surface area contributed by atoms with Gasteiger partial charge >= 0.3 is 5.97 Å². The van der Waals surface area contributed by atoms with E-state index in [1.54, 1.807) is 6.07 Å². The molecule has 104 valence electrons. The van der Waals surface area contributed by atoms with Crippen molar-refractivity contribution in [1.29, 1.82) is 0 Å². The number of amides is 1. The Hall–Kier alpha value is -1.76. The molecule has 19 heavy (non-hydrogen) atoms. The third-order valence-electron chi connectivity index (χ3n) is 2.42. The van der Waals surface area contributed by atoms with Gasteiger partial charge in [0.25, 0.3) is 0 Å². The lowest BCUT2D eigenvalue weighted by molar-refractivity contribution is -0.141. The van der Waals surface area contributed by atoms with Crippen molar-refractivity contribution in [3.05, 3.63) is 22.2 Å². The van der Waals surface area contributed by atoms with Gasteiger partial charge in [0.1, 0.15) is 6.04 Å². The smallest absolute Gasteiger partial charge is 0.326 e. The van der Waals surface area contributed by atoms with E-state index in [4.69, 9.17) is 9.84 Å². The van der Waals surface area contributed by atoms with Crippen molar-refractivity contribution in [2.75, 3.05) is 7.11 Å². The molecule has 0 bridgehead atoms. The van der Waals surface area contributed by atoms with Gasteiger partial charge < -0.3 is 20.3 Å². The number of nitrogens with one attached hydrogen (secondary N) is 1. The standard InChI is InChI=1S/C12H14BrNO5/c1-6(15)14-9(12(17)18)4-7-3-8(13)11(16)10(5-7)19-2/h3,5,9,16H,4H2,1-2H3,(H,14,15)(H,17,18)/t9-/m0/s1. The fourth-order valence-corrected chi connectivity index (χ4v) is 2.07. The first-order valence-corrected chi connectivity index (χ1v) is 6.19. The highest BCUT2D eigenvalue weighted by molar-refractivity contribution is 9.10. The van der Waals surface area contributed by atoms with Gasteiger partial charge in [0.05, 0.1) is 11.6 Å². The molecule has 1 atom stereocenters. The minimum absolute atomic E-state index is 0.0577. The highest BCUT2D eigenvalue weighted by Crippen LogP contribution is 2.35. The van der Waals surface area contributed by atoms with Gasteiger partial charge in [-0.25, -0.2) is 4.79 Å². The van der Waals surface area contributed by atoms with E-state index in [2.05, 4.69) is 21.2 Å². The maximum absolute atomic E-state index is 11.0.